The fraction of sp³-hybridized carbons (Fsp3) is 0.536. The van der Waals surface area contributed by atoms with Gasteiger partial charge in [-0.1, -0.05) is 26.8 Å². The molecule has 3 rings (SSSR count). The maximum absolute atomic E-state index is 12.5. The van der Waals surface area contributed by atoms with Gasteiger partial charge in [-0.05, 0) is 92.9 Å². The SMILES string of the molecule is CCC1=C=CC2=C(C=C1C(C)NC(=O)OC(C)(C)C)N(Cc1cccnc1)CCCC2(C)C. The number of alkyl carbamates (subject to hydrolysis) is 1. The van der Waals surface area contributed by atoms with E-state index in [1.165, 1.54) is 16.8 Å². The summed E-state index contributed by atoms with van der Waals surface area (Å²) in [5, 5.41) is 3.04. The van der Waals surface area contributed by atoms with Gasteiger partial charge in [0.15, 0.2) is 0 Å². The number of ether oxygens (including phenoxy) is 1. The van der Waals surface area contributed by atoms with E-state index in [1.807, 2.05) is 46.2 Å². The van der Waals surface area contributed by atoms with Crippen LogP contribution in [0.2, 0.25) is 0 Å². The van der Waals surface area contributed by atoms with Crippen LogP contribution in [0.5, 0.6) is 0 Å². The fourth-order valence-electron chi connectivity index (χ4n) is 4.53. The zero-order valence-corrected chi connectivity index (χ0v) is 21.3. The minimum atomic E-state index is -0.535. The molecule has 0 bridgehead atoms. The number of carbonyl (C=O) groups excluding carboxylic acids is 1. The second-order valence-electron chi connectivity index (χ2n) is 10.7. The zero-order valence-electron chi connectivity index (χ0n) is 21.3. The van der Waals surface area contributed by atoms with Crippen LogP contribution >= 0.6 is 0 Å². The van der Waals surface area contributed by atoms with Gasteiger partial charge in [0.25, 0.3) is 0 Å². The molecule has 2 heterocycles. The van der Waals surface area contributed by atoms with Gasteiger partial charge >= 0.3 is 6.09 Å². The normalized spacial score (nSPS) is 19.1. The highest BCUT2D eigenvalue weighted by molar-refractivity contribution is 5.69. The fourth-order valence-corrected chi connectivity index (χ4v) is 4.53. The largest absolute Gasteiger partial charge is 0.444 e. The molecule has 0 spiro atoms. The van der Waals surface area contributed by atoms with Crippen LogP contribution in [0.25, 0.3) is 0 Å². The first-order valence-electron chi connectivity index (χ1n) is 12.1. The Kier molecular flexibility index (Phi) is 7.54. The first-order valence-corrected chi connectivity index (χ1v) is 12.1. The highest BCUT2D eigenvalue weighted by Gasteiger charge is 2.31. The lowest BCUT2D eigenvalue weighted by atomic mass is 9.79. The molecule has 5 heteroatoms. The van der Waals surface area contributed by atoms with Gasteiger partial charge in [0.1, 0.15) is 5.60 Å². The molecule has 33 heavy (non-hydrogen) atoms. The number of hydrogen-bond donors (Lipinski definition) is 1. The van der Waals surface area contributed by atoms with Crippen LogP contribution in [-0.4, -0.2) is 34.2 Å². The van der Waals surface area contributed by atoms with Crippen molar-refractivity contribution in [3.63, 3.8) is 0 Å². The Balaban J connectivity index is 2.02. The zero-order chi connectivity index (χ0) is 24.2. The van der Waals surface area contributed by atoms with Crippen molar-refractivity contribution in [2.75, 3.05) is 6.54 Å². The van der Waals surface area contributed by atoms with E-state index in [1.54, 1.807) is 0 Å². The third kappa shape index (κ3) is 6.39. The Bertz CT molecular complexity index is 990. The van der Waals surface area contributed by atoms with Crippen molar-refractivity contribution >= 4 is 6.09 Å². The van der Waals surface area contributed by atoms with Crippen molar-refractivity contribution in [2.24, 2.45) is 5.41 Å². The average molecular weight is 450 g/mol. The summed E-state index contributed by atoms with van der Waals surface area (Å²) >= 11 is 0. The van der Waals surface area contributed by atoms with Crippen molar-refractivity contribution in [3.05, 3.63) is 70.4 Å². The van der Waals surface area contributed by atoms with Gasteiger partial charge in [-0.2, -0.15) is 0 Å². The molecule has 0 aromatic carbocycles. The molecule has 0 radical (unpaired) electrons. The van der Waals surface area contributed by atoms with E-state index in [2.05, 4.69) is 59.9 Å². The standard InChI is InChI=1S/C28H39N3O2/c1-8-22-12-13-24-25(17-23(22)20(2)30-26(32)33-27(3,4)5)31(16-10-14-28(24,6)7)19-21-11-9-15-29-18-21/h9,11,13,15,17-18,20H,8,10,14,16,19H2,1-7H3,(H,30,32). The minimum Gasteiger partial charge on any atom is -0.444 e. The van der Waals surface area contributed by atoms with Gasteiger partial charge in [0.05, 0.1) is 6.04 Å². The number of amides is 1. The summed E-state index contributed by atoms with van der Waals surface area (Å²) in [5.41, 5.74) is 8.99. The highest BCUT2D eigenvalue weighted by atomic mass is 16.6. The van der Waals surface area contributed by atoms with Crippen molar-refractivity contribution in [2.45, 2.75) is 85.9 Å². The molecule has 1 N–H and O–H groups in total. The van der Waals surface area contributed by atoms with Crippen molar-refractivity contribution in [1.82, 2.24) is 15.2 Å². The van der Waals surface area contributed by atoms with Gasteiger partial charge in [-0.3, -0.25) is 4.98 Å². The van der Waals surface area contributed by atoms with E-state index < -0.39 is 11.7 Å². The topological polar surface area (TPSA) is 54.5 Å². The van der Waals surface area contributed by atoms with Crippen LogP contribution in [0.1, 0.15) is 73.3 Å². The number of rotatable bonds is 5. The van der Waals surface area contributed by atoms with Crippen molar-refractivity contribution < 1.29 is 9.53 Å². The molecule has 1 amide bonds. The van der Waals surface area contributed by atoms with E-state index >= 15 is 0 Å². The summed E-state index contributed by atoms with van der Waals surface area (Å²) in [6.45, 7) is 16.2. The number of carbonyl (C=O) groups is 1. The summed E-state index contributed by atoms with van der Waals surface area (Å²) in [4.78, 5) is 19.3. The Hall–Kier alpha value is -2.78. The van der Waals surface area contributed by atoms with Gasteiger partial charge < -0.3 is 15.0 Å². The number of allylic oxidation sites excluding steroid dienone is 2. The van der Waals surface area contributed by atoms with Crippen molar-refractivity contribution in [1.29, 1.82) is 0 Å². The van der Waals surface area contributed by atoms with E-state index in [4.69, 9.17) is 4.74 Å². The molecule has 5 nitrogen and oxygen atoms in total. The Morgan fingerprint density at radius 3 is 2.76 bits per heavy atom. The predicted molar refractivity (Wildman–Crippen MR) is 133 cm³/mol. The van der Waals surface area contributed by atoms with Gasteiger partial charge in [0, 0.05) is 31.2 Å². The molecular formula is C28H39N3O2. The van der Waals surface area contributed by atoms with E-state index in [0.717, 1.165) is 43.5 Å². The lowest BCUT2D eigenvalue weighted by molar-refractivity contribution is 0.0516. The molecule has 0 saturated heterocycles. The maximum Gasteiger partial charge on any atom is 0.408 e. The Morgan fingerprint density at radius 2 is 2.12 bits per heavy atom. The molecule has 1 aromatic heterocycles. The first kappa shape index (κ1) is 24.9. The first-order chi connectivity index (χ1) is 15.5. The Labute approximate surface area is 199 Å². The number of hydrogen-bond acceptors (Lipinski definition) is 4. The average Bonchev–Trinajstić information content (AvgIpc) is 2.98. The number of nitrogens with zero attached hydrogens (tertiary/aromatic N) is 2. The summed E-state index contributed by atoms with van der Waals surface area (Å²) < 4.78 is 5.52. The molecule has 1 aliphatic carbocycles. The number of nitrogens with one attached hydrogen (secondary N) is 1. The molecule has 178 valence electrons. The smallest absolute Gasteiger partial charge is 0.408 e. The molecule has 2 aliphatic rings. The lowest BCUT2D eigenvalue weighted by Gasteiger charge is -2.30. The lowest BCUT2D eigenvalue weighted by Crippen LogP contribution is -2.39. The quantitative estimate of drug-likeness (QED) is 0.536. The van der Waals surface area contributed by atoms with Crippen LogP contribution in [0, 0.1) is 5.41 Å². The van der Waals surface area contributed by atoms with Crippen LogP contribution in [0.15, 0.2) is 64.8 Å². The van der Waals surface area contributed by atoms with Crippen LogP contribution < -0.4 is 5.32 Å². The van der Waals surface area contributed by atoms with E-state index in [-0.39, 0.29) is 11.5 Å². The molecule has 1 unspecified atom stereocenters. The number of aromatic nitrogens is 1. The third-order valence-electron chi connectivity index (χ3n) is 6.26. The molecule has 1 aromatic rings. The van der Waals surface area contributed by atoms with Crippen LogP contribution in [0.4, 0.5) is 4.79 Å². The second kappa shape index (κ2) is 10.0. The minimum absolute atomic E-state index is 0.0403. The Morgan fingerprint density at radius 1 is 1.36 bits per heavy atom. The predicted octanol–water partition coefficient (Wildman–Crippen LogP) is 6.30. The monoisotopic (exact) mass is 449 g/mol. The summed E-state index contributed by atoms with van der Waals surface area (Å²) in [7, 11) is 0. The van der Waals surface area contributed by atoms with E-state index in [9.17, 15) is 4.79 Å². The summed E-state index contributed by atoms with van der Waals surface area (Å²) in [5.74, 6) is 0. The number of pyridine rings is 1. The maximum atomic E-state index is 12.5. The summed E-state index contributed by atoms with van der Waals surface area (Å²) in [6, 6.07) is 3.92. The molecular weight excluding hydrogens is 410 g/mol. The summed E-state index contributed by atoms with van der Waals surface area (Å²) in [6.07, 6.45) is 10.9. The molecule has 0 saturated carbocycles. The van der Waals surface area contributed by atoms with Crippen molar-refractivity contribution in [3.8, 4) is 0 Å². The van der Waals surface area contributed by atoms with Gasteiger partial charge in [-0.25, -0.2) is 4.79 Å². The molecule has 1 atom stereocenters. The second-order valence-corrected chi connectivity index (χ2v) is 10.7. The third-order valence-corrected chi connectivity index (χ3v) is 6.26. The van der Waals surface area contributed by atoms with E-state index in [0.29, 0.717) is 0 Å². The molecule has 1 aliphatic heterocycles. The van der Waals surface area contributed by atoms with Crippen LogP contribution in [-0.2, 0) is 11.3 Å². The van der Waals surface area contributed by atoms with Gasteiger partial charge in [0.2, 0.25) is 0 Å². The molecule has 0 fully saturated rings. The highest BCUT2D eigenvalue weighted by Crippen LogP contribution is 2.41. The van der Waals surface area contributed by atoms with Crippen LogP contribution in [0.3, 0.4) is 0 Å². The van der Waals surface area contributed by atoms with Gasteiger partial charge in [-0.15, -0.1) is 5.73 Å².